The molecule has 1 aliphatic carbocycles. The normalized spacial score (nSPS) is 27.0. The fraction of sp³-hybridized carbons (Fsp3) is 0.867. The van der Waals surface area contributed by atoms with Gasteiger partial charge in [0.25, 0.3) is 0 Å². The van der Waals surface area contributed by atoms with Crippen LogP contribution in [0.15, 0.2) is 0 Å². The molecule has 1 aliphatic heterocycles. The van der Waals surface area contributed by atoms with Crippen molar-refractivity contribution in [2.45, 2.75) is 65.3 Å². The van der Waals surface area contributed by atoms with Gasteiger partial charge in [-0.1, -0.05) is 26.2 Å². The molecule has 0 bridgehead atoms. The van der Waals surface area contributed by atoms with Gasteiger partial charge in [-0.25, -0.2) is 0 Å². The summed E-state index contributed by atoms with van der Waals surface area (Å²) in [7, 11) is 0. The lowest BCUT2D eigenvalue weighted by Crippen LogP contribution is -2.69. The first kappa shape index (κ1) is 14.4. The highest BCUT2D eigenvalue weighted by atomic mass is 16.5. The van der Waals surface area contributed by atoms with E-state index in [1.165, 1.54) is 32.1 Å². The summed E-state index contributed by atoms with van der Waals surface area (Å²) in [6, 6.07) is 0.241. The number of ether oxygens (including phenoxy) is 1. The van der Waals surface area contributed by atoms with Gasteiger partial charge in [-0.15, -0.1) is 0 Å². The maximum Gasteiger partial charge on any atom is 0.307 e. The van der Waals surface area contributed by atoms with Crippen molar-refractivity contribution in [3.05, 3.63) is 0 Å². The molecule has 19 heavy (non-hydrogen) atoms. The summed E-state index contributed by atoms with van der Waals surface area (Å²) in [6.07, 6.45) is 6.57. The van der Waals surface area contributed by atoms with Crippen LogP contribution in [0.1, 0.15) is 59.3 Å². The maximum absolute atomic E-state index is 12.2. The van der Waals surface area contributed by atoms with E-state index in [1.54, 1.807) is 11.8 Å². The Morgan fingerprint density at radius 1 is 1.32 bits per heavy atom. The Bertz CT molecular complexity index is 358. The van der Waals surface area contributed by atoms with Crippen molar-refractivity contribution in [3.8, 4) is 0 Å². The number of carbonyl (C=O) groups is 2. The molecule has 0 aromatic heterocycles. The second-order valence-electron chi connectivity index (χ2n) is 6.34. The van der Waals surface area contributed by atoms with Gasteiger partial charge in [-0.3, -0.25) is 9.59 Å². The van der Waals surface area contributed by atoms with Gasteiger partial charge < -0.3 is 9.64 Å². The molecule has 1 atom stereocenters. The van der Waals surface area contributed by atoms with E-state index < -0.39 is 0 Å². The fourth-order valence-corrected chi connectivity index (χ4v) is 3.62. The van der Waals surface area contributed by atoms with Crippen LogP contribution >= 0.6 is 0 Å². The van der Waals surface area contributed by atoms with Gasteiger partial charge in [-0.05, 0) is 32.6 Å². The number of amides is 1. The standard InChI is InChI=1S/C15H25NO3/c1-4-12(17)19-10-16-13(15(2,3)14(16)18)11-8-6-5-7-9-11/h11,13H,4-10H2,1-3H3/t13-/m1/s1. The predicted molar refractivity (Wildman–Crippen MR) is 72.2 cm³/mol. The van der Waals surface area contributed by atoms with E-state index in [0.717, 1.165) is 0 Å². The van der Waals surface area contributed by atoms with Crippen LogP contribution in [0.4, 0.5) is 0 Å². The zero-order valence-electron chi connectivity index (χ0n) is 12.3. The molecule has 1 heterocycles. The number of β-lactam (4-membered cyclic amide) rings is 1. The summed E-state index contributed by atoms with van der Waals surface area (Å²) in [4.78, 5) is 25.2. The Hall–Kier alpha value is -1.06. The Balaban J connectivity index is 2.00. The van der Waals surface area contributed by atoms with E-state index in [9.17, 15) is 9.59 Å². The van der Waals surface area contributed by atoms with Crippen LogP contribution in [0, 0.1) is 11.3 Å². The number of nitrogens with zero attached hydrogens (tertiary/aromatic N) is 1. The van der Waals surface area contributed by atoms with Gasteiger partial charge >= 0.3 is 5.97 Å². The summed E-state index contributed by atoms with van der Waals surface area (Å²) < 4.78 is 5.15. The Morgan fingerprint density at radius 3 is 2.53 bits per heavy atom. The summed E-state index contributed by atoms with van der Waals surface area (Å²) in [5.41, 5.74) is -0.291. The van der Waals surface area contributed by atoms with Gasteiger partial charge in [0.2, 0.25) is 5.91 Å². The first-order valence-corrected chi connectivity index (χ1v) is 7.45. The van der Waals surface area contributed by atoms with Gasteiger partial charge in [0, 0.05) is 6.42 Å². The van der Waals surface area contributed by atoms with Crippen LogP contribution in [-0.2, 0) is 14.3 Å². The maximum atomic E-state index is 12.2. The molecule has 108 valence electrons. The minimum Gasteiger partial charge on any atom is -0.444 e. The van der Waals surface area contributed by atoms with Crippen LogP contribution in [0.3, 0.4) is 0 Å². The first-order chi connectivity index (χ1) is 8.98. The molecule has 2 aliphatic rings. The molecule has 1 saturated carbocycles. The van der Waals surface area contributed by atoms with E-state index in [0.29, 0.717) is 12.3 Å². The second-order valence-corrected chi connectivity index (χ2v) is 6.34. The van der Waals surface area contributed by atoms with Crippen molar-refractivity contribution in [1.82, 2.24) is 4.90 Å². The number of hydrogen-bond acceptors (Lipinski definition) is 3. The van der Waals surface area contributed by atoms with Gasteiger partial charge in [0.15, 0.2) is 6.73 Å². The largest absolute Gasteiger partial charge is 0.444 e. The Labute approximate surface area is 115 Å². The van der Waals surface area contributed by atoms with Crippen molar-refractivity contribution >= 4 is 11.9 Å². The van der Waals surface area contributed by atoms with E-state index in [1.807, 2.05) is 13.8 Å². The van der Waals surface area contributed by atoms with Gasteiger partial charge in [0.05, 0.1) is 11.5 Å². The number of hydrogen-bond donors (Lipinski definition) is 0. The van der Waals surface area contributed by atoms with Crippen LogP contribution in [0.25, 0.3) is 0 Å². The highest BCUT2D eigenvalue weighted by Crippen LogP contribution is 2.46. The monoisotopic (exact) mass is 267 g/mol. The van der Waals surface area contributed by atoms with Crippen molar-refractivity contribution in [2.75, 3.05) is 6.73 Å². The number of carbonyl (C=O) groups excluding carboxylic acids is 2. The molecule has 4 nitrogen and oxygen atoms in total. The Morgan fingerprint density at radius 2 is 1.95 bits per heavy atom. The minimum atomic E-state index is -0.291. The van der Waals surface area contributed by atoms with Crippen molar-refractivity contribution in [2.24, 2.45) is 11.3 Å². The topological polar surface area (TPSA) is 46.6 Å². The molecule has 2 fully saturated rings. The fourth-order valence-electron chi connectivity index (χ4n) is 3.62. The van der Waals surface area contributed by atoms with E-state index in [-0.39, 0.29) is 30.1 Å². The highest BCUT2D eigenvalue weighted by molar-refractivity contribution is 5.89. The lowest BCUT2D eigenvalue weighted by Gasteiger charge is -2.56. The molecule has 1 saturated heterocycles. The van der Waals surface area contributed by atoms with Gasteiger partial charge in [-0.2, -0.15) is 0 Å². The van der Waals surface area contributed by atoms with Crippen LogP contribution < -0.4 is 0 Å². The predicted octanol–water partition coefficient (Wildman–Crippen LogP) is 2.71. The van der Waals surface area contributed by atoms with Crippen molar-refractivity contribution in [3.63, 3.8) is 0 Å². The third-order valence-corrected chi connectivity index (χ3v) is 4.64. The molecule has 0 radical (unpaired) electrons. The third kappa shape index (κ3) is 2.63. The van der Waals surface area contributed by atoms with Crippen molar-refractivity contribution < 1.29 is 14.3 Å². The summed E-state index contributed by atoms with van der Waals surface area (Å²) in [5.74, 6) is 0.452. The van der Waals surface area contributed by atoms with E-state index in [2.05, 4.69) is 0 Å². The molecule has 2 rings (SSSR count). The first-order valence-electron chi connectivity index (χ1n) is 7.45. The Kier molecular flexibility index (Phi) is 4.16. The van der Waals surface area contributed by atoms with E-state index in [4.69, 9.17) is 4.74 Å². The number of esters is 1. The molecule has 0 unspecified atom stereocenters. The smallest absolute Gasteiger partial charge is 0.307 e. The molecular formula is C15H25NO3. The molecule has 0 aromatic carbocycles. The lowest BCUT2D eigenvalue weighted by atomic mass is 9.65. The average Bonchev–Trinajstić information content (AvgIpc) is 2.42. The minimum absolute atomic E-state index is 0.118. The summed E-state index contributed by atoms with van der Waals surface area (Å²) >= 11 is 0. The zero-order valence-corrected chi connectivity index (χ0v) is 12.3. The molecule has 0 spiro atoms. The second kappa shape index (κ2) is 5.51. The lowest BCUT2D eigenvalue weighted by molar-refractivity contribution is -0.189. The van der Waals surface area contributed by atoms with Gasteiger partial charge in [0.1, 0.15) is 0 Å². The van der Waals surface area contributed by atoms with Crippen molar-refractivity contribution in [1.29, 1.82) is 0 Å². The van der Waals surface area contributed by atoms with Crippen LogP contribution in [-0.4, -0.2) is 29.5 Å². The summed E-state index contributed by atoms with van der Waals surface area (Å²) in [6.45, 7) is 5.94. The number of rotatable bonds is 4. The average molecular weight is 267 g/mol. The molecular weight excluding hydrogens is 242 g/mol. The molecule has 1 amide bonds. The molecule has 0 N–H and O–H groups in total. The SMILES string of the molecule is CCC(=O)OCN1C(=O)C(C)(C)[C@H]1C1CCCCC1. The van der Waals surface area contributed by atoms with E-state index >= 15 is 0 Å². The third-order valence-electron chi connectivity index (χ3n) is 4.64. The quantitative estimate of drug-likeness (QED) is 0.581. The highest BCUT2D eigenvalue weighted by Gasteiger charge is 2.57. The molecule has 4 heteroatoms. The van der Waals surface area contributed by atoms with Crippen LogP contribution in [0.2, 0.25) is 0 Å². The summed E-state index contributed by atoms with van der Waals surface area (Å²) in [5, 5.41) is 0. The number of likely N-dealkylation sites (tertiary alicyclic amines) is 1. The zero-order chi connectivity index (χ0) is 14.0. The van der Waals surface area contributed by atoms with Crippen LogP contribution in [0.5, 0.6) is 0 Å². The molecule has 0 aromatic rings.